The predicted octanol–water partition coefficient (Wildman–Crippen LogP) is 3.27. The predicted molar refractivity (Wildman–Crippen MR) is 212 cm³/mol. The van der Waals surface area contributed by atoms with Crippen molar-refractivity contribution in [1.29, 1.82) is 0 Å². The fourth-order valence-corrected chi connectivity index (χ4v) is 8.25. The molecule has 0 radical (unpaired) electrons. The van der Waals surface area contributed by atoms with Gasteiger partial charge in [-0.25, -0.2) is 10.0 Å². The third-order valence-corrected chi connectivity index (χ3v) is 11.1. The smallest absolute Gasteiger partial charge is 0.255 e. The van der Waals surface area contributed by atoms with Crippen LogP contribution in [-0.2, 0) is 45.6 Å². The lowest BCUT2D eigenvalue weighted by Gasteiger charge is -2.55. The highest BCUT2D eigenvalue weighted by Crippen LogP contribution is 2.32. The molecule has 56 heavy (non-hydrogen) atoms. The molecule has 1 aromatic heterocycles. The number of para-hydroxylation sites is 1. The minimum Gasteiger partial charge on any atom is -0.508 e. The zero-order chi connectivity index (χ0) is 39.3. The van der Waals surface area contributed by atoms with Crippen molar-refractivity contribution in [2.24, 2.45) is 7.05 Å². The van der Waals surface area contributed by atoms with Crippen LogP contribution in [0.15, 0.2) is 91.6 Å². The maximum absolute atomic E-state index is 14.7. The Morgan fingerprint density at radius 3 is 2.46 bits per heavy atom. The lowest BCUT2D eigenvalue weighted by molar-refractivity contribution is -0.205. The van der Waals surface area contributed by atoms with Crippen LogP contribution in [0.2, 0.25) is 0 Å². The Balaban J connectivity index is 1.20. The Morgan fingerprint density at radius 2 is 1.73 bits per heavy atom. The molecule has 1 N–H and O–H groups in total. The maximum Gasteiger partial charge on any atom is 0.255 e. The molecule has 3 aliphatic rings. The largest absolute Gasteiger partial charge is 0.508 e. The van der Waals surface area contributed by atoms with Gasteiger partial charge in [0.25, 0.3) is 5.91 Å². The number of aromatic hydroxyl groups is 1. The van der Waals surface area contributed by atoms with Gasteiger partial charge in [-0.15, -0.1) is 6.58 Å². The number of phenolic OH excluding ortho intramolecular Hbond substituents is 1. The van der Waals surface area contributed by atoms with Crippen LogP contribution in [0.4, 0.5) is 0 Å². The normalized spacial score (nSPS) is 19.4. The molecular weight excluding hydrogens is 711 g/mol. The van der Waals surface area contributed by atoms with E-state index in [1.807, 2.05) is 73.4 Å². The molecule has 4 aromatic rings. The molecule has 4 heterocycles. The molecule has 0 saturated carbocycles. The number of hydrogen-bond acceptors (Lipinski definition) is 8. The minimum atomic E-state index is -0.897. The van der Waals surface area contributed by atoms with Gasteiger partial charge in [-0.05, 0) is 35.2 Å². The first-order valence-electron chi connectivity index (χ1n) is 19.3. The summed E-state index contributed by atoms with van der Waals surface area (Å²) in [7, 11) is 3.73. The maximum atomic E-state index is 14.7. The number of benzene rings is 3. The van der Waals surface area contributed by atoms with E-state index in [-0.39, 0.29) is 68.4 Å². The number of ether oxygens (including phenoxy) is 1. The van der Waals surface area contributed by atoms with Crippen LogP contribution in [0.3, 0.4) is 0 Å². The highest BCUT2D eigenvalue weighted by Gasteiger charge is 2.51. The van der Waals surface area contributed by atoms with E-state index >= 15 is 0 Å². The van der Waals surface area contributed by atoms with E-state index in [0.717, 1.165) is 47.2 Å². The number of carbonyl (C=O) groups is 4. The molecule has 0 spiro atoms. The number of phenols is 1. The number of fused-ring (bicyclic) bond motifs is 2. The molecule has 3 aromatic carbocycles. The summed E-state index contributed by atoms with van der Waals surface area (Å²) < 4.78 is 7.41. The van der Waals surface area contributed by atoms with Crippen molar-refractivity contribution in [2.45, 2.75) is 38.0 Å². The zero-order valence-corrected chi connectivity index (χ0v) is 32.3. The number of likely N-dealkylation sites (N-methyl/N-ethyl adjacent to an activating group) is 1. The topological polar surface area (TPSA) is 122 Å². The number of morpholine rings is 1. The molecule has 3 saturated heterocycles. The number of aromatic nitrogens is 1. The summed E-state index contributed by atoms with van der Waals surface area (Å²) in [6.45, 7) is 8.86. The van der Waals surface area contributed by atoms with Gasteiger partial charge >= 0.3 is 0 Å². The lowest BCUT2D eigenvalue weighted by Crippen LogP contribution is -2.75. The minimum absolute atomic E-state index is 0.0701. The Labute approximate surface area is 327 Å². The van der Waals surface area contributed by atoms with Gasteiger partial charge in [0.2, 0.25) is 17.7 Å². The molecule has 7 rings (SSSR count). The van der Waals surface area contributed by atoms with Gasteiger partial charge in [-0.1, -0.05) is 66.7 Å². The molecule has 294 valence electrons. The number of rotatable bonds is 13. The van der Waals surface area contributed by atoms with Gasteiger partial charge in [0.1, 0.15) is 18.0 Å². The summed E-state index contributed by atoms with van der Waals surface area (Å²) in [5.41, 5.74) is 4.08. The quantitative estimate of drug-likeness (QED) is 0.206. The number of nitrogens with zero attached hydrogens (tertiary/aromatic N) is 7. The highest BCUT2D eigenvalue weighted by molar-refractivity contribution is 6.07. The van der Waals surface area contributed by atoms with E-state index in [1.165, 1.54) is 0 Å². The van der Waals surface area contributed by atoms with Crippen LogP contribution < -0.4 is 0 Å². The first-order chi connectivity index (χ1) is 27.1. The van der Waals surface area contributed by atoms with Gasteiger partial charge in [-0.2, -0.15) is 0 Å². The summed E-state index contributed by atoms with van der Waals surface area (Å²) >= 11 is 0. The fourth-order valence-electron chi connectivity index (χ4n) is 8.25. The van der Waals surface area contributed by atoms with Crippen molar-refractivity contribution < 1.29 is 29.0 Å². The number of carbonyl (C=O) groups excluding carboxylic acids is 4. The number of hydrazine groups is 1. The Bertz CT molecular complexity index is 2060. The summed E-state index contributed by atoms with van der Waals surface area (Å²) in [4.78, 5) is 64.3. The molecular formula is C43H51N7O6. The third-order valence-electron chi connectivity index (χ3n) is 11.1. The van der Waals surface area contributed by atoms with Crippen LogP contribution in [-0.4, -0.2) is 141 Å². The van der Waals surface area contributed by atoms with Gasteiger partial charge < -0.3 is 29.1 Å². The number of aryl methyl sites for hydroxylation is 2. The van der Waals surface area contributed by atoms with E-state index < -0.39 is 12.2 Å². The zero-order valence-electron chi connectivity index (χ0n) is 32.3. The van der Waals surface area contributed by atoms with E-state index in [2.05, 4.69) is 11.5 Å². The summed E-state index contributed by atoms with van der Waals surface area (Å²) in [6, 6.07) is 21.4. The first-order valence-corrected chi connectivity index (χ1v) is 19.3. The summed E-state index contributed by atoms with van der Waals surface area (Å²) in [5.74, 6) is -0.606. The van der Waals surface area contributed by atoms with Gasteiger partial charge in [-0.3, -0.25) is 24.1 Å². The average molecular weight is 762 g/mol. The third kappa shape index (κ3) is 8.20. The molecule has 2 atom stereocenters. The second-order valence-electron chi connectivity index (χ2n) is 14.9. The summed E-state index contributed by atoms with van der Waals surface area (Å²) in [6.07, 6.45) is 3.72. The Morgan fingerprint density at radius 1 is 0.982 bits per heavy atom. The van der Waals surface area contributed by atoms with E-state index in [9.17, 15) is 24.3 Å². The molecule has 4 amide bonds. The van der Waals surface area contributed by atoms with E-state index in [0.29, 0.717) is 31.7 Å². The van der Waals surface area contributed by atoms with Crippen LogP contribution in [0.1, 0.15) is 33.5 Å². The fraction of sp³-hybridized carbons (Fsp3) is 0.395. The SMILES string of the molecule is C=CCN1CC(=O)N2[C@@H](Cc3ccc(O)cc3)C(=O)N(Cc3cccc4c(C(=O)N(C)CCN5CCOCC5)cn(C)c34)C[C@@H]2N1C(=O)CCc1ccccc1. The molecule has 13 heteroatoms. The van der Waals surface area contributed by atoms with E-state index in [4.69, 9.17) is 4.74 Å². The van der Waals surface area contributed by atoms with Gasteiger partial charge in [0, 0.05) is 77.8 Å². The van der Waals surface area contributed by atoms with Crippen molar-refractivity contribution in [2.75, 3.05) is 66.1 Å². The molecule has 3 aliphatic heterocycles. The molecule has 0 unspecified atom stereocenters. The van der Waals surface area contributed by atoms with Crippen molar-refractivity contribution in [1.82, 2.24) is 34.2 Å². The lowest BCUT2D eigenvalue weighted by atomic mass is 9.97. The van der Waals surface area contributed by atoms with Crippen LogP contribution >= 0.6 is 0 Å². The second-order valence-corrected chi connectivity index (χ2v) is 14.9. The Kier molecular flexibility index (Phi) is 11.8. The summed E-state index contributed by atoms with van der Waals surface area (Å²) in [5, 5.41) is 14.2. The van der Waals surface area contributed by atoms with Crippen molar-refractivity contribution in [3.05, 3.63) is 114 Å². The molecule has 0 aliphatic carbocycles. The van der Waals surface area contributed by atoms with Crippen LogP contribution in [0, 0.1) is 0 Å². The number of amides is 4. The molecule has 13 nitrogen and oxygen atoms in total. The van der Waals surface area contributed by atoms with Gasteiger partial charge in [0.05, 0.1) is 37.4 Å². The van der Waals surface area contributed by atoms with Crippen molar-refractivity contribution in [3.63, 3.8) is 0 Å². The van der Waals surface area contributed by atoms with Crippen molar-refractivity contribution in [3.8, 4) is 5.75 Å². The van der Waals surface area contributed by atoms with Crippen LogP contribution in [0.25, 0.3) is 10.9 Å². The van der Waals surface area contributed by atoms with E-state index in [1.54, 1.807) is 55.1 Å². The number of hydrogen-bond donors (Lipinski definition) is 1. The number of piperazine rings is 1. The van der Waals surface area contributed by atoms with Crippen LogP contribution in [0.5, 0.6) is 5.75 Å². The monoisotopic (exact) mass is 761 g/mol. The van der Waals surface area contributed by atoms with Gasteiger partial charge in [0.15, 0.2) is 0 Å². The Hall–Kier alpha value is -5.50. The second kappa shape index (κ2) is 17.1. The molecule has 3 fully saturated rings. The molecule has 0 bridgehead atoms. The highest BCUT2D eigenvalue weighted by atomic mass is 16.5. The average Bonchev–Trinajstić information content (AvgIpc) is 3.55. The van der Waals surface area contributed by atoms with Crippen molar-refractivity contribution >= 4 is 34.5 Å². The first kappa shape index (κ1) is 38.8. The standard InChI is InChI=1S/C43H51N7O6/c1-4-19-48-30-40(53)49-37(26-32-13-16-34(51)17-14-32)43(55)47(29-38(49)50(48)39(52)18-15-31-9-6-5-7-10-31)27-33-11-8-12-35-36(28-45(3)41(33)35)42(54)44(2)20-21-46-22-24-56-25-23-46/h4-14,16-17,28,37-38,51H,1,15,18-27,29-30H2,2-3H3/t37-,38-/m0/s1.